The molecule has 0 bridgehead atoms. The first-order valence-corrected chi connectivity index (χ1v) is 7.65. The molecule has 4 nitrogen and oxygen atoms in total. The summed E-state index contributed by atoms with van der Waals surface area (Å²) >= 11 is 0. The number of carbonyl (C=O) groups excluding carboxylic acids is 1. The van der Waals surface area contributed by atoms with E-state index in [1.165, 1.54) is 12.8 Å². The first-order valence-electron chi connectivity index (χ1n) is 7.65. The molecule has 1 amide bonds. The van der Waals surface area contributed by atoms with Crippen molar-refractivity contribution >= 4 is 17.3 Å². The Hall–Kier alpha value is -1.71. The van der Waals surface area contributed by atoms with Crippen LogP contribution in [-0.4, -0.2) is 36.0 Å². The second-order valence-corrected chi connectivity index (χ2v) is 5.85. The molecule has 0 radical (unpaired) electrons. The van der Waals surface area contributed by atoms with Crippen LogP contribution < -0.4 is 10.6 Å². The molecule has 1 aromatic carbocycles. The van der Waals surface area contributed by atoms with E-state index in [2.05, 4.69) is 22.5 Å². The Morgan fingerprint density at radius 2 is 2.00 bits per heavy atom. The molecule has 1 saturated heterocycles. The molecule has 0 aliphatic carbocycles. The predicted octanol–water partition coefficient (Wildman–Crippen LogP) is 2.68. The number of hydrogen-bond donors (Lipinski definition) is 2. The van der Waals surface area contributed by atoms with Crippen LogP contribution in [0, 0.1) is 0 Å². The smallest absolute Gasteiger partial charge is 0.247 e. The van der Waals surface area contributed by atoms with Crippen molar-refractivity contribution in [3.05, 3.63) is 24.3 Å². The van der Waals surface area contributed by atoms with Crippen LogP contribution in [-0.2, 0) is 4.79 Å². The number of nitrogens with one attached hydrogen (secondary N) is 2. The number of fused-ring (bicyclic) bond motifs is 1. The second kappa shape index (κ2) is 5.73. The van der Waals surface area contributed by atoms with E-state index in [9.17, 15) is 4.79 Å². The molecule has 1 fully saturated rings. The number of nitrogens with zero attached hydrogens (tertiary/aromatic N) is 1. The van der Waals surface area contributed by atoms with Gasteiger partial charge < -0.3 is 15.5 Å². The van der Waals surface area contributed by atoms with Gasteiger partial charge in [0.05, 0.1) is 11.4 Å². The van der Waals surface area contributed by atoms with Gasteiger partial charge in [-0.15, -0.1) is 0 Å². The first kappa shape index (κ1) is 13.3. The fourth-order valence-corrected chi connectivity index (χ4v) is 3.17. The third-order valence-electron chi connectivity index (χ3n) is 4.39. The van der Waals surface area contributed by atoms with Gasteiger partial charge in [-0.05, 0) is 31.9 Å². The summed E-state index contributed by atoms with van der Waals surface area (Å²) in [7, 11) is 0. The van der Waals surface area contributed by atoms with Crippen LogP contribution in [0.25, 0.3) is 0 Å². The van der Waals surface area contributed by atoms with E-state index in [0.717, 1.165) is 30.8 Å². The fraction of sp³-hybridized carbons (Fsp3) is 0.562. The maximum Gasteiger partial charge on any atom is 0.247 e. The van der Waals surface area contributed by atoms with E-state index in [1.807, 2.05) is 24.3 Å². The van der Waals surface area contributed by atoms with Crippen molar-refractivity contribution in [3.8, 4) is 0 Å². The van der Waals surface area contributed by atoms with Gasteiger partial charge in [0.25, 0.3) is 0 Å². The van der Waals surface area contributed by atoms with Gasteiger partial charge in [0.1, 0.15) is 6.04 Å². The van der Waals surface area contributed by atoms with E-state index >= 15 is 0 Å². The van der Waals surface area contributed by atoms with Crippen molar-refractivity contribution in [1.82, 2.24) is 4.90 Å². The average Bonchev–Trinajstić information content (AvgIpc) is 2.70. The lowest BCUT2D eigenvalue weighted by Crippen LogP contribution is -2.50. The van der Waals surface area contributed by atoms with Crippen molar-refractivity contribution in [2.45, 2.75) is 44.7 Å². The minimum absolute atomic E-state index is 0.148. The fourth-order valence-electron chi connectivity index (χ4n) is 3.17. The Labute approximate surface area is 120 Å². The normalized spacial score (nSPS) is 25.9. The topological polar surface area (TPSA) is 44.4 Å². The quantitative estimate of drug-likeness (QED) is 0.827. The zero-order valence-corrected chi connectivity index (χ0v) is 12.1. The Morgan fingerprint density at radius 1 is 1.20 bits per heavy atom. The lowest BCUT2D eigenvalue weighted by atomic mass is 10.1. The highest BCUT2D eigenvalue weighted by Gasteiger charge is 2.30. The number of amides is 1. The summed E-state index contributed by atoms with van der Waals surface area (Å²) in [6.07, 6.45) is 4.74. The average molecular weight is 273 g/mol. The van der Waals surface area contributed by atoms with Gasteiger partial charge in [-0.1, -0.05) is 25.0 Å². The molecule has 2 heterocycles. The van der Waals surface area contributed by atoms with Gasteiger partial charge in [0, 0.05) is 19.1 Å². The molecule has 0 saturated carbocycles. The van der Waals surface area contributed by atoms with E-state index < -0.39 is 0 Å². The Bertz CT molecular complexity index is 488. The van der Waals surface area contributed by atoms with E-state index in [4.69, 9.17) is 0 Å². The maximum absolute atomic E-state index is 12.7. The molecular formula is C16H23N3O. The number of carbonyl (C=O) groups is 1. The van der Waals surface area contributed by atoms with E-state index in [0.29, 0.717) is 12.6 Å². The predicted molar refractivity (Wildman–Crippen MR) is 82.0 cm³/mol. The van der Waals surface area contributed by atoms with Gasteiger partial charge in [-0.2, -0.15) is 0 Å². The zero-order chi connectivity index (χ0) is 13.9. The van der Waals surface area contributed by atoms with Crippen LogP contribution in [0.4, 0.5) is 11.4 Å². The largest absolute Gasteiger partial charge is 0.381 e. The SMILES string of the molecule is CC1CCCCCN1C(=O)C1CNc2ccccc2N1. The van der Waals surface area contributed by atoms with Gasteiger partial charge in [-0.25, -0.2) is 0 Å². The van der Waals surface area contributed by atoms with Crippen LogP contribution in [0.3, 0.4) is 0 Å². The lowest BCUT2D eigenvalue weighted by molar-refractivity contribution is -0.133. The summed E-state index contributed by atoms with van der Waals surface area (Å²) in [6, 6.07) is 8.28. The monoisotopic (exact) mass is 273 g/mol. The lowest BCUT2D eigenvalue weighted by Gasteiger charge is -2.34. The molecule has 2 unspecified atom stereocenters. The minimum atomic E-state index is -0.148. The molecule has 2 aliphatic heterocycles. The molecule has 20 heavy (non-hydrogen) atoms. The van der Waals surface area contributed by atoms with Gasteiger partial charge in [-0.3, -0.25) is 4.79 Å². The molecule has 2 N–H and O–H groups in total. The highest BCUT2D eigenvalue weighted by atomic mass is 16.2. The van der Waals surface area contributed by atoms with Crippen LogP contribution in [0.2, 0.25) is 0 Å². The molecule has 0 aromatic heterocycles. The molecule has 0 spiro atoms. The number of benzene rings is 1. The highest BCUT2D eigenvalue weighted by molar-refractivity contribution is 5.88. The molecular weight excluding hydrogens is 250 g/mol. The van der Waals surface area contributed by atoms with Crippen LogP contribution in [0.5, 0.6) is 0 Å². The standard InChI is InChI=1S/C16H23N3O/c1-12-7-3-2-6-10-19(12)16(20)15-11-17-13-8-4-5-9-14(13)18-15/h4-5,8-9,12,15,17-18H,2-3,6-7,10-11H2,1H3. The molecule has 108 valence electrons. The van der Waals surface area contributed by atoms with Crippen LogP contribution >= 0.6 is 0 Å². The summed E-state index contributed by atoms with van der Waals surface area (Å²) < 4.78 is 0. The molecule has 2 atom stereocenters. The second-order valence-electron chi connectivity index (χ2n) is 5.85. The number of para-hydroxylation sites is 2. The summed E-state index contributed by atoms with van der Waals surface area (Å²) in [5.41, 5.74) is 2.11. The highest BCUT2D eigenvalue weighted by Crippen LogP contribution is 2.26. The number of hydrogen-bond acceptors (Lipinski definition) is 3. The molecule has 4 heteroatoms. The molecule has 1 aromatic rings. The van der Waals surface area contributed by atoms with Crippen molar-refractivity contribution in [2.24, 2.45) is 0 Å². The van der Waals surface area contributed by atoms with Crippen molar-refractivity contribution < 1.29 is 4.79 Å². The summed E-state index contributed by atoms with van der Waals surface area (Å²) in [4.78, 5) is 14.8. The van der Waals surface area contributed by atoms with Crippen molar-refractivity contribution in [1.29, 1.82) is 0 Å². The Morgan fingerprint density at radius 3 is 2.85 bits per heavy atom. The van der Waals surface area contributed by atoms with Crippen LogP contribution in [0.1, 0.15) is 32.6 Å². The third kappa shape index (κ3) is 2.60. The zero-order valence-electron chi connectivity index (χ0n) is 12.1. The molecule has 2 aliphatic rings. The first-order chi connectivity index (χ1) is 9.75. The minimum Gasteiger partial charge on any atom is -0.381 e. The van der Waals surface area contributed by atoms with Crippen LogP contribution in [0.15, 0.2) is 24.3 Å². The maximum atomic E-state index is 12.7. The Kier molecular flexibility index (Phi) is 3.81. The van der Waals surface area contributed by atoms with E-state index in [1.54, 1.807) is 0 Å². The third-order valence-corrected chi connectivity index (χ3v) is 4.39. The Balaban J connectivity index is 1.72. The number of anilines is 2. The van der Waals surface area contributed by atoms with Crippen molar-refractivity contribution in [3.63, 3.8) is 0 Å². The van der Waals surface area contributed by atoms with Crippen molar-refractivity contribution in [2.75, 3.05) is 23.7 Å². The summed E-state index contributed by atoms with van der Waals surface area (Å²) in [5.74, 6) is 0.237. The van der Waals surface area contributed by atoms with Gasteiger partial charge in [0.15, 0.2) is 0 Å². The number of rotatable bonds is 1. The summed E-state index contributed by atoms with van der Waals surface area (Å²) in [6.45, 7) is 3.74. The molecule has 3 rings (SSSR count). The van der Waals surface area contributed by atoms with E-state index in [-0.39, 0.29) is 11.9 Å². The number of likely N-dealkylation sites (tertiary alicyclic amines) is 1. The van der Waals surface area contributed by atoms with Gasteiger partial charge >= 0.3 is 0 Å². The van der Waals surface area contributed by atoms with Gasteiger partial charge in [0.2, 0.25) is 5.91 Å². The summed E-state index contributed by atoms with van der Waals surface area (Å²) in [5, 5.41) is 6.73.